The normalized spacial score (nSPS) is 10.7. The number of aryl methyl sites for hydroxylation is 3. The second-order valence-electron chi connectivity index (χ2n) is 4.42. The van der Waals surface area contributed by atoms with Gasteiger partial charge in [0.25, 0.3) is 5.91 Å². The predicted octanol–water partition coefficient (Wildman–Crippen LogP) is 2.09. The molecule has 3 N–H and O–H groups in total. The molecule has 0 aliphatic heterocycles. The second-order valence-corrected chi connectivity index (χ2v) is 5.76. The van der Waals surface area contributed by atoms with Gasteiger partial charge in [-0.1, -0.05) is 0 Å². The van der Waals surface area contributed by atoms with Crippen LogP contribution in [-0.4, -0.2) is 15.7 Å². The Bertz CT molecular complexity index is 580. The first kappa shape index (κ1) is 13.6. The monoisotopic (exact) mass is 278 g/mol. The van der Waals surface area contributed by atoms with Crippen LogP contribution in [-0.2, 0) is 13.1 Å². The minimum absolute atomic E-state index is 0.228. The van der Waals surface area contributed by atoms with Crippen molar-refractivity contribution in [1.82, 2.24) is 15.1 Å². The van der Waals surface area contributed by atoms with Gasteiger partial charge in [0.15, 0.2) is 5.69 Å². The fourth-order valence-electron chi connectivity index (χ4n) is 1.76. The molecule has 0 aliphatic carbocycles. The summed E-state index contributed by atoms with van der Waals surface area (Å²) in [4.78, 5) is 14.4. The van der Waals surface area contributed by atoms with Gasteiger partial charge in [-0.25, -0.2) is 0 Å². The smallest absolute Gasteiger partial charge is 0.274 e. The molecule has 6 heteroatoms. The number of hydrogen-bond donors (Lipinski definition) is 2. The van der Waals surface area contributed by atoms with E-state index in [-0.39, 0.29) is 5.91 Å². The van der Waals surface area contributed by atoms with Crippen LogP contribution in [0.5, 0.6) is 0 Å². The number of aromatic nitrogens is 2. The molecule has 2 aromatic heterocycles. The number of anilines is 1. The summed E-state index contributed by atoms with van der Waals surface area (Å²) in [6, 6.07) is 2.09. The topological polar surface area (TPSA) is 72.9 Å². The molecule has 0 saturated heterocycles. The van der Waals surface area contributed by atoms with E-state index >= 15 is 0 Å². The van der Waals surface area contributed by atoms with Crippen LogP contribution in [0, 0.1) is 13.8 Å². The average molecular weight is 278 g/mol. The van der Waals surface area contributed by atoms with Crippen molar-refractivity contribution in [3.8, 4) is 0 Å². The number of carbonyl (C=O) groups excluding carboxylic acids is 1. The number of rotatable bonds is 4. The number of nitrogens with zero attached hydrogens (tertiary/aromatic N) is 2. The number of carbonyl (C=O) groups is 1. The van der Waals surface area contributed by atoms with Gasteiger partial charge < -0.3 is 11.1 Å². The second kappa shape index (κ2) is 5.44. The van der Waals surface area contributed by atoms with Gasteiger partial charge in [-0.05, 0) is 32.4 Å². The Labute approximate surface area is 116 Å². The molecule has 0 radical (unpaired) electrons. The first-order chi connectivity index (χ1) is 9.01. The molecule has 19 heavy (non-hydrogen) atoms. The summed E-state index contributed by atoms with van der Waals surface area (Å²) in [5.41, 5.74) is 7.74. The zero-order chi connectivity index (χ0) is 14.0. The SMILES string of the molecule is CCn1cc(N)c(C(=O)NCc2cc(C)c(C)s2)n1. The third-order valence-electron chi connectivity index (χ3n) is 2.97. The summed E-state index contributed by atoms with van der Waals surface area (Å²) < 4.78 is 1.66. The Morgan fingerprint density at radius 3 is 2.79 bits per heavy atom. The molecule has 0 aromatic carbocycles. The largest absolute Gasteiger partial charge is 0.396 e. The molecule has 1 amide bonds. The standard InChI is InChI=1S/C13H18N4OS/c1-4-17-7-11(14)12(16-17)13(18)15-6-10-5-8(2)9(3)19-10/h5,7H,4,6,14H2,1-3H3,(H,15,18). The number of nitrogen functional groups attached to an aromatic ring is 1. The first-order valence-corrected chi connectivity index (χ1v) is 7.00. The first-order valence-electron chi connectivity index (χ1n) is 6.18. The van der Waals surface area contributed by atoms with E-state index in [0.717, 1.165) is 4.88 Å². The van der Waals surface area contributed by atoms with Crippen molar-refractivity contribution in [1.29, 1.82) is 0 Å². The molecule has 2 rings (SSSR count). The minimum atomic E-state index is -0.228. The fraction of sp³-hybridized carbons (Fsp3) is 0.385. The Morgan fingerprint density at radius 2 is 2.26 bits per heavy atom. The highest BCUT2D eigenvalue weighted by molar-refractivity contribution is 7.12. The van der Waals surface area contributed by atoms with Gasteiger partial charge in [-0.3, -0.25) is 9.48 Å². The van der Waals surface area contributed by atoms with Crippen molar-refractivity contribution in [3.05, 3.63) is 33.3 Å². The van der Waals surface area contributed by atoms with Crippen LogP contribution in [0.2, 0.25) is 0 Å². The molecule has 0 unspecified atom stereocenters. The number of thiophene rings is 1. The van der Waals surface area contributed by atoms with Crippen LogP contribution < -0.4 is 11.1 Å². The van der Waals surface area contributed by atoms with Crippen molar-refractivity contribution < 1.29 is 4.79 Å². The molecule has 2 aromatic rings. The molecule has 2 heterocycles. The Kier molecular flexibility index (Phi) is 3.90. The molecule has 0 bridgehead atoms. The van der Waals surface area contributed by atoms with E-state index in [2.05, 4.69) is 30.3 Å². The minimum Gasteiger partial charge on any atom is -0.396 e. The van der Waals surface area contributed by atoms with Crippen molar-refractivity contribution >= 4 is 22.9 Å². The lowest BCUT2D eigenvalue weighted by Crippen LogP contribution is -2.23. The van der Waals surface area contributed by atoms with Gasteiger partial charge in [0.2, 0.25) is 0 Å². The quantitative estimate of drug-likeness (QED) is 0.899. The van der Waals surface area contributed by atoms with E-state index in [9.17, 15) is 4.79 Å². The van der Waals surface area contributed by atoms with Crippen LogP contribution in [0.3, 0.4) is 0 Å². The van der Waals surface area contributed by atoms with E-state index in [1.54, 1.807) is 22.2 Å². The van der Waals surface area contributed by atoms with Crippen LogP contribution >= 0.6 is 11.3 Å². The van der Waals surface area contributed by atoms with Crippen LogP contribution in [0.1, 0.15) is 32.7 Å². The lowest BCUT2D eigenvalue weighted by atomic mass is 10.3. The van der Waals surface area contributed by atoms with Crippen LogP contribution in [0.4, 0.5) is 5.69 Å². The van der Waals surface area contributed by atoms with Gasteiger partial charge in [0.05, 0.1) is 12.2 Å². The average Bonchev–Trinajstić information content (AvgIpc) is 2.90. The van der Waals surface area contributed by atoms with E-state index in [0.29, 0.717) is 24.5 Å². The molecular weight excluding hydrogens is 260 g/mol. The Balaban J connectivity index is 2.02. The van der Waals surface area contributed by atoms with E-state index in [4.69, 9.17) is 5.73 Å². The number of nitrogens with one attached hydrogen (secondary N) is 1. The van der Waals surface area contributed by atoms with Crippen molar-refractivity contribution in [3.63, 3.8) is 0 Å². The Hall–Kier alpha value is -1.82. The predicted molar refractivity (Wildman–Crippen MR) is 77.3 cm³/mol. The lowest BCUT2D eigenvalue weighted by molar-refractivity contribution is 0.0946. The zero-order valence-corrected chi connectivity index (χ0v) is 12.2. The molecule has 5 nitrogen and oxygen atoms in total. The van der Waals surface area contributed by atoms with Crippen molar-refractivity contribution in [2.75, 3.05) is 5.73 Å². The van der Waals surface area contributed by atoms with Crippen molar-refractivity contribution in [2.45, 2.75) is 33.9 Å². The maximum absolute atomic E-state index is 12.0. The third-order valence-corrected chi connectivity index (χ3v) is 4.12. The van der Waals surface area contributed by atoms with Gasteiger partial charge in [0.1, 0.15) is 0 Å². The summed E-state index contributed by atoms with van der Waals surface area (Å²) in [6.07, 6.45) is 1.67. The van der Waals surface area contributed by atoms with Crippen LogP contribution in [0.25, 0.3) is 0 Å². The summed E-state index contributed by atoms with van der Waals surface area (Å²) in [6.45, 7) is 7.30. The highest BCUT2D eigenvalue weighted by Crippen LogP contribution is 2.20. The number of amides is 1. The highest BCUT2D eigenvalue weighted by Gasteiger charge is 2.14. The maximum Gasteiger partial charge on any atom is 0.274 e. The highest BCUT2D eigenvalue weighted by atomic mass is 32.1. The summed E-state index contributed by atoms with van der Waals surface area (Å²) >= 11 is 1.69. The fourth-order valence-corrected chi connectivity index (χ4v) is 2.76. The lowest BCUT2D eigenvalue weighted by Gasteiger charge is -2.01. The van der Waals surface area contributed by atoms with Gasteiger partial charge in [-0.2, -0.15) is 5.10 Å². The molecule has 102 valence electrons. The number of hydrogen-bond acceptors (Lipinski definition) is 4. The number of nitrogens with two attached hydrogens (primary N) is 1. The maximum atomic E-state index is 12.0. The molecular formula is C13H18N4OS. The summed E-state index contributed by atoms with van der Waals surface area (Å²) in [5, 5.41) is 7.00. The van der Waals surface area contributed by atoms with E-state index < -0.39 is 0 Å². The van der Waals surface area contributed by atoms with Gasteiger partial charge in [-0.15, -0.1) is 11.3 Å². The van der Waals surface area contributed by atoms with E-state index in [1.165, 1.54) is 10.4 Å². The van der Waals surface area contributed by atoms with Gasteiger partial charge >= 0.3 is 0 Å². The molecule has 0 aliphatic rings. The summed E-state index contributed by atoms with van der Waals surface area (Å²) in [5.74, 6) is -0.228. The molecule has 0 fully saturated rings. The molecule has 0 spiro atoms. The molecule has 0 atom stereocenters. The van der Waals surface area contributed by atoms with Gasteiger partial charge in [0, 0.05) is 22.5 Å². The summed E-state index contributed by atoms with van der Waals surface area (Å²) in [7, 11) is 0. The molecule has 0 saturated carbocycles. The zero-order valence-electron chi connectivity index (χ0n) is 11.4. The van der Waals surface area contributed by atoms with Crippen LogP contribution in [0.15, 0.2) is 12.3 Å². The van der Waals surface area contributed by atoms with E-state index in [1.807, 2.05) is 6.92 Å². The van der Waals surface area contributed by atoms with Crippen molar-refractivity contribution in [2.24, 2.45) is 0 Å². The Morgan fingerprint density at radius 1 is 1.53 bits per heavy atom. The third kappa shape index (κ3) is 2.96.